The number of hydrogen-bond donors (Lipinski definition) is 3. The predicted molar refractivity (Wildman–Crippen MR) is 145 cm³/mol. The van der Waals surface area contributed by atoms with Crippen molar-refractivity contribution in [2.24, 2.45) is 0 Å². The third kappa shape index (κ3) is 6.48. The highest BCUT2D eigenvalue weighted by molar-refractivity contribution is 6.04. The molecule has 1 unspecified atom stereocenters. The van der Waals surface area contributed by atoms with E-state index in [-0.39, 0.29) is 36.0 Å². The van der Waals surface area contributed by atoms with Crippen molar-refractivity contribution in [3.05, 3.63) is 106 Å². The number of hydrogen-bond acceptors (Lipinski definition) is 5. The van der Waals surface area contributed by atoms with Gasteiger partial charge in [-0.05, 0) is 50.6 Å². The quantitative estimate of drug-likeness (QED) is 0.320. The van der Waals surface area contributed by atoms with Gasteiger partial charge < -0.3 is 15.6 Å². The number of aromatic nitrogens is 2. The SMILES string of the molecule is CC(NC(=O)c1ccccc1NC(=O)CN(Cc1nc2ccccc2c(=O)[nH]1)C(C)C)c1ccccc1. The van der Waals surface area contributed by atoms with Gasteiger partial charge in [-0.1, -0.05) is 54.6 Å². The number of benzene rings is 3. The van der Waals surface area contributed by atoms with Gasteiger partial charge in [0.05, 0.1) is 41.3 Å². The summed E-state index contributed by atoms with van der Waals surface area (Å²) in [5.74, 6) is -0.0565. The number of carbonyl (C=O) groups excluding carboxylic acids is 2. The van der Waals surface area contributed by atoms with Gasteiger partial charge in [0, 0.05) is 6.04 Å². The Labute approximate surface area is 215 Å². The molecule has 8 nitrogen and oxygen atoms in total. The lowest BCUT2D eigenvalue weighted by Gasteiger charge is -2.25. The van der Waals surface area contributed by atoms with Crippen LogP contribution in [-0.2, 0) is 11.3 Å². The maximum Gasteiger partial charge on any atom is 0.258 e. The summed E-state index contributed by atoms with van der Waals surface area (Å²) < 4.78 is 0. The monoisotopic (exact) mass is 497 g/mol. The van der Waals surface area contributed by atoms with E-state index in [0.717, 1.165) is 5.56 Å². The summed E-state index contributed by atoms with van der Waals surface area (Å²) in [7, 11) is 0. The molecule has 190 valence electrons. The van der Waals surface area contributed by atoms with Crippen molar-refractivity contribution >= 4 is 28.4 Å². The number of aromatic amines is 1. The molecule has 8 heteroatoms. The molecule has 0 aliphatic carbocycles. The Morgan fingerprint density at radius 2 is 1.59 bits per heavy atom. The van der Waals surface area contributed by atoms with Gasteiger partial charge in [0.15, 0.2) is 0 Å². The van der Waals surface area contributed by atoms with Crippen LogP contribution < -0.4 is 16.2 Å². The maximum absolute atomic E-state index is 13.0. The van der Waals surface area contributed by atoms with Gasteiger partial charge in [-0.25, -0.2) is 4.98 Å². The third-order valence-corrected chi connectivity index (χ3v) is 6.18. The summed E-state index contributed by atoms with van der Waals surface area (Å²) >= 11 is 0. The van der Waals surface area contributed by atoms with Crippen molar-refractivity contribution in [1.82, 2.24) is 20.2 Å². The Morgan fingerprint density at radius 1 is 0.919 bits per heavy atom. The summed E-state index contributed by atoms with van der Waals surface area (Å²) in [5, 5.41) is 6.40. The number of H-pyrrole nitrogens is 1. The fourth-order valence-corrected chi connectivity index (χ4v) is 4.09. The molecule has 4 rings (SSSR count). The first-order chi connectivity index (χ1) is 17.8. The van der Waals surface area contributed by atoms with Gasteiger partial charge in [-0.3, -0.25) is 19.3 Å². The summed E-state index contributed by atoms with van der Waals surface area (Å²) in [6.07, 6.45) is 0. The van der Waals surface area contributed by atoms with E-state index in [1.54, 1.807) is 42.5 Å². The Balaban J connectivity index is 1.45. The van der Waals surface area contributed by atoms with Crippen molar-refractivity contribution < 1.29 is 9.59 Å². The van der Waals surface area contributed by atoms with Crippen LogP contribution in [0.1, 0.15) is 48.6 Å². The largest absolute Gasteiger partial charge is 0.345 e. The lowest BCUT2D eigenvalue weighted by molar-refractivity contribution is -0.117. The van der Waals surface area contributed by atoms with Crippen LogP contribution in [0.5, 0.6) is 0 Å². The molecule has 1 atom stereocenters. The van der Waals surface area contributed by atoms with Crippen LogP contribution in [0, 0.1) is 0 Å². The standard InChI is InChI=1S/C29H31N5O3/c1-19(2)34(17-26-31-24-15-9-7-13-22(24)29(37)33-26)18-27(35)32-25-16-10-8-14-23(25)28(36)30-20(3)21-11-5-4-6-12-21/h4-16,19-20H,17-18H2,1-3H3,(H,30,36)(H,32,35)(H,31,33,37). The molecule has 3 aromatic carbocycles. The van der Waals surface area contributed by atoms with Crippen molar-refractivity contribution in [1.29, 1.82) is 0 Å². The van der Waals surface area contributed by atoms with Crippen molar-refractivity contribution in [3.8, 4) is 0 Å². The second kappa shape index (κ2) is 11.6. The summed E-state index contributed by atoms with van der Waals surface area (Å²) in [5.41, 5.74) is 2.21. The predicted octanol–water partition coefficient (Wildman–Crippen LogP) is 4.26. The Bertz CT molecular complexity index is 1450. The molecule has 0 aliphatic heterocycles. The minimum absolute atomic E-state index is 0.00721. The summed E-state index contributed by atoms with van der Waals surface area (Å²) in [6, 6.07) is 23.6. The van der Waals surface area contributed by atoms with E-state index in [1.165, 1.54) is 0 Å². The summed E-state index contributed by atoms with van der Waals surface area (Å²) in [6.45, 7) is 6.21. The highest BCUT2D eigenvalue weighted by Crippen LogP contribution is 2.18. The molecule has 0 saturated carbocycles. The fraction of sp³-hybridized carbons (Fsp3) is 0.241. The average Bonchev–Trinajstić information content (AvgIpc) is 2.89. The highest BCUT2D eigenvalue weighted by atomic mass is 16.2. The Kier molecular flexibility index (Phi) is 8.10. The smallest absolute Gasteiger partial charge is 0.258 e. The van der Waals surface area contributed by atoms with Crippen molar-refractivity contribution in [2.45, 2.75) is 39.4 Å². The molecule has 0 bridgehead atoms. The molecule has 3 N–H and O–H groups in total. The van der Waals surface area contributed by atoms with E-state index >= 15 is 0 Å². The van der Waals surface area contributed by atoms with Crippen LogP contribution in [0.15, 0.2) is 83.7 Å². The second-order valence-electron chi connectivity index (χ2n) is 9.23. The lowest BCUT2D eigenvalue weighted by Crippen LogP contribution is -2.38. The molecular formula is C29H31N5O3. The van der Waals surface area contributed by atoms with Gasteiger partial charge in [0.1, 0.15) is 5.82 Å². The first-order valence-electron chi connectivity index (χ1n) is 12.3. The minimum atomic E-state index is -0.272. The Hall–Kier alpha value is -4.30. The third-order valence-electron chi connectivity index (χ3n) is 6.18. The molecule has 4 aromatic rings. The first kappa shape index (κ1) is 25.8. The molecule has 37 heavy (non-hydrogen) atoms. The van der Waals surface area contributed by atoms with E-state index in [2.05, 4.69) is 20.6 Å². The number of para-hydroxylation sites is 2. The van der Waals surface area contributed by atoms with Gasteiger partial charge in [-0.15, -0.1) is 0 Å². The van der Waals surface area contributed by atoms with Crippen LogP contribution >= 0.6 is 0 Å². The van der Waals surface area contributed by atoms with Gasteiger partial charge in [0.2, 0.25) is 5.91 Å². The summed E-state index contributed by atoms with van der Waals surface area (Å²) in [4.78, 5) is 47.8. The van der Waals surface area contributed by atoms with Crippen LogP contribution in [0.3, 0.4) is 0 Å². The number of amides is 2. The van der Waals surface area contributed by atoms with E-state index in [1.807, 2.05) is 62.1 Å². The van der Waals surface area contributed by atoms with Gasteiger partial charge in [0.25, 0.3) is 11.5 Å². The van der Waals surface area contributed by atoms with Crippen LogP contribution in [0.2, 0.25) is 0 Å². The zero-order valence-electron chi connectivity index (χ0n) is 21.2. The molecule has 0 saturated heterocycles. The Morgan fingerprint density at radius 3 is 2.35 bits per heavy atom. The molecule has 2 amide bonds. The fourth-order valence-electron chi connectivity index (χ4n) is 4.09. The van der Waals surface area contributed by atoms with Crippen LogP contribution in [-0.4, -0.2) is 39.3 Å². The van der Waals surface area contributed by atoms with E-state index in [0.29, 0.717) is 34.5 Å². The number of nitrogens with zero attached hydrogens (tertiary/aromatic N) is 2. The number of fused-ring (bicyclic) bond motifs is 1. The number of nitrogens with one attached hydrogen (secondary N) is 3. The van der Waals surface area contributed by atoms with E-state index < -0.39 is 0 Å². The second-order valence-corrected chi connectivity index (χ2v) is 9.23. The highest BCUT2D eigenvalue weighted by Gasteiger charge is 2.19. The average molecular weight is 498 g/mol. The molecule has 0 fully saturated rings. The molecule has 0 aliphatic rings. The number of anilines is 1. The van der Waals surface area contributed by atoms with Crippen LogP contribution in [0.25, 0.3) is 10.9 Å². The van der Waals surface area contributed by atoms with Crippen molar-refractivity contribution in [3.63, 3.8) is 0 Å². The zero-order valence-corrected chi connectivity index (χ0v) is 21.2. The minimum Gasteiger partial charge on any atom is -0.345 e. The molecule has 0 radical (unpaired) electrons. The lowest BCUT2D eigenvalue weighted by atomic mass is 10.1. The topological polar surface area (TPSA) is 107 Å². The van der Waals surface area contributed by atoms with Crippen LogP contribution in [0.4, 0.5) is 5.69 Å². The number of rotatable bonds is 9. The zero-order chi connectivity index (χ0) is 26.4. The van der Waals surface area contributed by atoms with Gasteiger partial charge >= 0.3 is 0 Å². The van der Waals surface area contributed by atoms with Crippen molar-refractivity contribution in [2.75, 3.05) is 11.9 Å². The van der Waals surface area contributed by atoms with E-state index in [4.69, 9.17) is 0 Å². The normalized spacial score (nSPS) is 12.0. The van der Waals surface area contributed by atoms with E-state index in [9.17, 15) is 14.4 Å². The molecular weight excluding hydrogens is 466 g/mol. The first-order valence-corrected chi connectivity index (χ1v) is 12.3. The maximum atomic E-state index is 13.0. The number of carbonyl (C=O) groups is 2. The molecule has 1 heterocycles. The molecule has 0 spiro atoms. The molecule has 1 aromatic heterocycles. The van der Waals surface area contributed by atoms with Gasteiger partial charge in [-0.2, -0.15) is 0 Å².